The second-order valence-electron chi connectivity index (χ2n) is 4.97. The number of halogens is 1. The van der Waals surface area contributed by atoms with Crippen LogP contribution in [0.15, 0.2) is 12.1 Å². The van der Waals surface area contributed by atoms with Crippen LogP contribution >= 0.6 is 22.6 Å². The van der Waals surface area contributed by atoms with Crippen molar-refractivity contribution >= 4 is 28.9 Å². The fraction of sp³-hybridized carbons (Fsp3) is 0.533. The lowest BCUT2D eigenvalue weighted by Crippen LogP contribution is -2.16. The van der Waals surface area contributed by atoms with Crippen molar-refractivity contribution in [3.8, 4) is 11.5 Å². The number of carbonyl (C=O) groups is 1. The number of carbonyl (C=O) groups excluding carboxylic acids is 1. The summed E-state index contributed by atoms with van der Waals surface area (Å²) in [6, 6.07) is 3.55. The van der Waals surface area contributed by atoms with Crippen LogP contribution < -0.4 is 9.47 Å². The fourth-order valence-electron chi connectivity index (χ4n) is 2.50. The highest BCUT2D eigenvalue weighted by Gasteiger charge is 2.17. The van der Waals surface area contributed by atoms with E-state index in [0.717, 1.165) is 22.2 Å². The Labute approximate surface area is 127 Å². The first-order valence-corrected chi connectivity index (χ1v) is 7.78. The van der Waals surface area contributed by atoms with Gasteiger partial charge in [0, 0.05) is 5.56 Å². The molecule has 19 heavy (non-hydrogen) atoms. The van der Waals surface area contributed by atoms with Crippen molar-refractivity contribution in [2.75, 3.05) is 13.7 Å². The van der Waals surface area contributed by atoms with Gasteiger partial charge >= 0.3 is 0 Å². The van der Waals surface area contributed by atoms with Gasteiger partial charge in [-0.05, 0) is 53.5 Å². The molecule has 1 aromatic rings. The number of benzene rings is 1. The largest absolute Gasteiger partial charge is 0.493 e. The molecule has 0 radical (unpaired) electrons. The van der Waals surface area contributed by atoms with Crippen LogP contribution in [0, 0.1) is 9.49 Å². The molecule has 1 fully saturated rings. The fourth-order valence-corrected chi connectivity index (χ4v) is 3.28. The number of hydrogen-bond donors (Lipinski definition) is 0. The van der Waals surface area contributed by atoms with Crippen LogP contribution in [0.2, 0.25) is 0 Å². The maximum Gasteiger partial charge on any atom is 0.174 e. The summed E-state index contributed by atoms with van der Waals surface area (Å²) in [6.45, 7) is 0.743. The summed E-state index contributed by atoms with van der Waals surface area (Å²) in [7, 11) is 1.60. The van der Waals surface area contributed by atoms with Crippen LogP contribution in [0.1, 0.15) is 42.5 Å². The van der Waals surface area contributed by atoms with E-state index in [1.54, 1.807) is 13.2 Å². The third-order valence-corrected chi connectivity index (χ3v) is 4.38. The van der Waals surface area contributed by atoms with Crippen molar-refractivity contribution in [1.29, 1.82) is 0 Å². The summed E-state index contributed by atoms with van der Waals surface area (Å²) in [5, 5.41) is 0. The molecule has 0 atom stereocenters. The summed E-state index contributed by atoms with van der Waals surface area (Å²) in [6.07, 6.45) is 7.32. The first kappa shape index (κ1) is 14.6. The molecule has 0 aliphatic heterocycles. The molecule has 0 aromatic heterocycles. The van der Waals surface area contributed by atoms with Gasteiger partial charge in [-0.25, -0.2) is 0 Å². The van der Waals surface area contributed by atoms with Crippen LogP contribution in [-0.2, 0) is 0 Å². The highest BCUT2D eigenvalue weighted by Crippen LogP contribution is 2.34. The average molecular weight is 374 g/mol. The Hall–Kier alpha value is -0.780. The molecule has 1 aliphatic rings. The topological polar surface area (TPSA) is 35.5 Å². The van der Waals surface area contributed by atoms with E-state index < -0.39 is 0 Å². The predicted octanol–water partition coefficient (Wildman–Crippen LogP) is 4.07. The zero-order valence-electron chi connectivity index (χ0n) is 11.2. The van der Waals surface area contributed by atoms with E-state index in [1.807, 2.05) is 6.07 Å². The lowest BCUT2D eigenvalue weighted by atomic mass is 9.90. The zero-order chi connectivity index (χ0) is 13.7. The molecular weight excluding hydrogens is 355 g/mol. The van der Waals surface area contributed by atoms with Crippen LogP contribution in [0.4, 0.5) is 0 Å². The lowest BCUT2D eigenvalue weighted by Gasteiger charge is -2.22. The molecule has 0 amide bonds. The monoisotopic (exact) mass is 374 g/mol. The first-order valence-electron chi connectivity index (χ1n) is 6.70. The summed E-state index contributed by atoms with van der Waals surface area (Å²) >= 11 is 2.19. The zero-order valence-corrected chi connectivity index (χ0v) is 13.3. The normalized spacial score (nSPS) is 16.1. The standard InChI is InChI=1S/C15H19IO3/c1-18-14-8-12(9-17)7-13(16)15(14)19-10-11-5-3-2-4-6-11/h7-9,11H,2-6,10H2,1H3. The van der Waals surface area contributed by atoms with Gasteiger partial charge in [-0.15, -0.1) is 0 Å². The molecule has 0 spiro atoms. The Kier molecular flexibility index (Phi) is 5.48. The third kappa shape index (κ3) is 3.84. The van der Waals surface area contributed by atoms with Crippen molar-refractivity contribution in [2.45, 2.75) is 32.1 Å². The molecule has 1 aliphatic carbocycles. The van der Waals surface area contributed by atoms with Crippen molar-refractivity contribution in [2.24, 2.45) is 5.92 Å². The van der Waals surface area contributed by atoms with Crippen molar-refractivity contribution in [3.05, 3.63) is 21.3 Å². The van der Waals surface area contributed by atoms with Gasteiger partial charge in [0.2, 0.25) is 0 Å². The minimum atomic E-state index is 0.617. The van der Waals surface area contributed by atoms with Gasteiger partial charge in [-0.2, -0.15) is 0 Å². The molecule has 0 N–H and O–H groups in total. The molecule has 0 heterocycles. The quantitative estimate of drug-likeness (QED) is 0.576. The van der Waals surface area contributed by atoms with E-state index in [0.29, 0.717) is 17.2 Å². The average Bonchev–Trinajstić information content (AvgIpc) is 2.46. The molecule has 3 nitrogen and oxygen atoms in total. The second kappa shape index (κ2) is 7.12. The van der Waals surface area contributed by atoms with Crippen molar-refractivity contribution < 1.29 is 14.3 Å². The van der Waals surface area contributed by atoms with Crippen LogP contribution in [0.5, 0.6) is 11.5 Å². The lowest BCUT2D eigenvalue weighted by molar-refractivity contribution is 0.112. The minimum absolute atomic E-state index is 0.617. The smallest absolute Gasteiger partial charge is 0.174 e. The molecule has 1 aromatic carbocycles. The Bertz CT molecular complexity index is 439. The van der Waals surface area contributed by atoms with E-state index in [2.05, 4.69) is 22.6 Å². The summed E-state index contributed by atoms with van der Waals surface area (Å²) in [5.74, 6) is 2.06. The van der Waals surface area contributed by atoms with Crippen molar-refractivity contribution in [3.63, 3.8) is 0 Å². The SMILES string of the molecule is COc1cc(C=O)cc(I)c1OCC1CCCCC1. The van der Waals surface area contributed by atoms with E-state index in [-0.39, 0.29) is 0 Å². The predicted molar refractivity (Wildman–Crippen MR) is 83.2 cm³/mol. The maximum absolute atomic E-state index is 10.8. The van der Waals surface area contributed by atoms with Crippen LogP contribution in [0.25, 0.3) is 0 Å². The van der Waals surface area contributed by atoms with Gasteiger partial charge < -0.3 is 9.47 Å². The number of hydrogen-bond acceptors (Lipinski definition) is 3. The number of ether oxygens (including phenoxy) is 2. The van der Waals surface area contributed by atoms with Crippen LogP contribution in [-0.4, -0.2) is 20.0 Å². The Morgan fingerprint density at radius 2 is 2.05 bits per heavy atom. The summed E-state index contributed by atoms with van der Waals surface area (Å²) in [5.41, 5.74) is 0.617. The Morgan fingerprint density at radius 1 is 1.32 bits per heavy atom. The van der Waals surface area contributed by atoms with E-state index in [9.17, 15) is 4.79 Å². The van der Waals surface area contributed by atoms with Gasteiger partial charge in [-0.1, -0.05) is 19.3 Å². The van der Waals surface area contributed by atoms with E-state index in [4.69, 9.17) is 9.47 Å². The molecular formula is C15H19IO3. The third-order valence-electron chi connectivity index (χ3n) is 3.58. The maximum atomic E-state index is 10.8. The number of rotatable bonds is 5. The molecule has 104 valence electrons. The minimum Gasteiger partial charge on any atom is -0.493 e. The highest BCUT2D eigenvalue weighted by molar-refractivity contribution is 14.1. The Balaban J connectivity index is 2.07. The summed E-state index contributed by atoms with van der Waals surface area (Å²) in [4.78, 5) is 10.8. The van der Waals surface area contributed by atoms with Gasteiger partial charge in [0.1, 0.15) is 6.29 Å². The van der Waals surface area contributed by atoms with Crippen LogP contribution in [0.3, 0.4) is 0 Å². The molecule has 0 unspecified atom stereocenters. The Morgan fingerprint density at radius 3 is 2.68 bits per heavy atom. The van der Waals surface area contributed by atoms with Gasteiger partial charge in [0.15, 0.2) is 11.5 Å². The first-order chi connectivity index (χ1) is 9.24. The molecule has 2 rings (SSSR count). The van der Waals surface area contributed by atoms with E-state index >= 15 is 0 Å². The van der Waals surface area contributed by atoms with Crippen molar-refractivity contribution in [1.82, 2.24) is 0 Å². The summed E-state index contributed by atoms with van der Waals surface area (Å²) < 4.78 is 12.2. The van der Waals surface area contributed by atoms with Gasteiger partial charge in [0.25, 0.3) is 0 Å². The van der Waals surface area contributed by atoms with Gasteiger partial charge in [0.05, 0.1) is 17.3 Å². The molecule has 4 heteroatoms. The van der Waals surface area contributed by atoms with Gasteiger partial charge in [-0.3, -0.25) is 4.79 Å². The number of methoxy groups -OCH3 is 1. The number of aldehydes is 1. The molecule has 1 saturated carbocycles. The van der Waals surface area contributed by atoms with E-state index in [1.165, 1.54) is 32.1 Å². The highest BCUT2D eigenvalue weighted by atomic mass is 127. The second-order valence-corrected chi connectivity index (χ2v) is 6.13. The molecule has 0 bridgehead atoms. The molecule has 0 saturated heterocycles.